The summed E-state index contributed by atoms with van der Waals surface area (Å²) in [4.78, 5) is 0. The van der Waals surface area contributed by atoms with Gasteiger partial charge in [0.25, 0.3) is 0 Å². The van der Waals surface area contributed by atoms with Gasteiger partial charge in [-0.3, -0.25) is 0 Å². The standard InChI is InChI=1S/C45H32/c1-45(2)41-25-11-10-21-35(41)38-27-39-40(28-42(38)45)43(30-15-4-3-5-16-30)36-22-8-9-23-37(36)44(39)32-19-12-18-31(26-32)34-24-13-17-29-14-6-7-20-33(29)34/h3-28H,1-2H3. The minimum Gasteiger partial charge on any atom is -0.0622 e. The molecule has 0 aromatic heterocycles. The molecular formula is C45H32. The molecule has 0 atom stereocenters. The fourth-order valence-corrected chi connectivity index (χ4v) is 7.92. The van der Waals surface area contributed by atoms with E-state index in [4.69, 9.17) is 0 Å². The summed E-state index contributed by atoms with van der Waals surface area (Å²) in [6, 6.07) is 58.4. The van der Waals surface area contributed by atoms with Crippen LogP contribution in [0.15, 0.2) is 158 Å². The maximum atomic E-state index is 2.51. The highest BCUT2D eigenvalue weighted by Gasteiger charge is 2.36. The lowest BCUT2D eigenvalue weighted by molar-refractivity contribution is 0.661. The van der Waals surface area contributed by atoms with Gasteiger partial charge in [-0.25, -0.2) is 0 Å². The summed E-state index contributed by atoms with van der Waals surface area (Å²) in [6.45, 7) is 4.75. The van der Waals surface area contributed by atoms with Gasteiger partial charge in [-0.2, -0.15) is 0 Å². The minimum absolute atomic E-state index is 0.0752. The van der Waals surface area contributed by atoms with Crippen LogP contribution in [-0.4, -0.2) is 0 Å². The quantitative estimate of drug-likeness (QED) is 0.185. The van der Waals surface area contributed by atoms with Gasteiger partial charge < -0.3 is 0 Å². The van der Waals surface area contributed by atoms with Crippen LogP contribution >= 0.6 is 0 Å². The Kier molecular flexibility index (Phi) is 5.64. The van der Waals surface area contributed by atoms with Crippen LogP contribution in [0, 0.1) is 0 Å². The summed E-state index contributed by atoms with van der Waals surface area (Å²) in [7, 11) is 0. The Hall–Kier alpha value is -5.46. The molecule has 0 fully saturated rings. The van der Waals surface area contributed by atoms with E-state index in [1.807, 2.05) is 0 Å². The lowest BCUT2D eigenvalue weighted by Crippen LogP contribution is -2.14. The largest absolute Gasteiger partial charge is 0.0622 e. The molecule has 8 aromatic carbocycles. The molecular weight excluding hydrogens is 540 g/mol. The van der Waals surface area contributed by atoms with E-state index >= 15 is 0 Å². The molecule has 0 aliphatic heterocycles. The number of hydrogen-bond acceptors (Lipinski definition) is 0. The lowest BCUT2D eigenvalue weighted by atomic mass is 9.79. The van der Waals surface area contributed by atoms with E-state index < -0.39 is 0 Å². The second kappa shape index (κ2) is 9.78. The lowest BCUT2D eigenvalue weighted by Gasteiger charge is -2.24. The first-order chi connectivity index (χ1) is 22.1. The third-order valence-corrected chi connectivity index (χ3v) is 10.0. The summed E-state index contributed by atoms with van der Waals surface area (Å²) in [5.74, 6) is 0. The van der Waals surface area contributed by atoms with E-state index in [9.17, 15) is 0 Å². The fraction of sp³-hybridized carbons (Fsp3) is 0.0667. The minimum atomic E-state index is -0.0752. The number of hydrogen-bond donors (Lipinski definition) is 0. The molecule has 1 aliphatic carbocycles. The summed E-state index contributed by atoms with van der Waals surface area (Å²) < 4.78 is 0. The Morgan fingerprint density at radius 2 is 0.889 bits per heavy atom. The van der Waals surface area contributed by atoms with E-state index in [1.54, 1.807) is 0 Å². The van der Waals surface area contributed by atoms with Crippen LogP contribution in [-0.2, 0) is 5.41 Å². The van der Waals surface area contributed by atoms with Crippen LogP contribution < -0.4 is 0 Å². The topological polar surface area (TPSA) is 0 Å². The Bertz CT molecular complexity index is 2440. The Labute approximate surface area is 264 Å². The number of rotatable bonds is 3. The molecule has 1 aliphatic rings. The zero-order chi connectivity index (χ0) is 30.1. The second-order valence-electron chi connectivity index (χ2n) is 12.9. The van der Waals surface area contributed by atoms with E-state index in [1.165, 1.54) is 88.0 Å². The van der Waals surface area contributed by atoms with Crippen molar-refractivity contribution in [2.45, 2.75) is 19.3 Å². The van der Waals surface area contributed by atoms with Gasteiger partial charge in [-0.05, 0) is 106 Å². The molecule has 9 rings (SSSR count). The van der Waals surface area contributed by atoms with Crippen molar-refractivity contribution in [3.8, 4) is 44.5 Å². The van der Waals surface area contributed by atoms with Gasteiger partial charge in [0, 0.05) is 5.41 Å². The van der Waals surface area contributed by atoms with Crippen LogP contribution in [0.3, 0.4) is 0 Å². The predicted octanol–water partition coefficient (Wildman–Crippen LogP) is 12.5. The second-order valence-corrected chi connectivity index (χ2v) is 12.9. The van der Waals surface area contributed by atoms with E-state index in [0.29, 0.717) is 0 Å². The summed E-state index contributed by atoms with van der Waals surface area (Å²) in [5, 5.41) is 7.72. The maximum Gasteiger partial charge on any atom is 0.0159 e. The predicted molar refractivity (Wildman–Crippen MR) is 193 cm³/mol. The normalized spacial score (nSPS) is 13.3. The van der Waals surface area contributed by atoms with Gasteiger partial charge in [0.2, 0.25) is 0 Å². The molecule has 45 heavy (non-hydrogen) atoms. The van der Waals surface area contributed by atoms with E-state index in [-0.39, 0.29) is 5.41 Å². The van der Waals surface area contributed by atoms with Crippen molar-refractivity contribution in [3.63, 3.8) is 0 Å². The van der Waals surface area contributed by atoms with E-state index in [0.717, 1.165) is 0 Å². The van der Waals surface area contributed by atoms with Gasteiger partial charge in [0.1, 0.15) is 0 Å². The Balaban J connectivity index is 1.41. The molecule has 0 saturated carbocycles. The fourth-order valence-electron chi connectivity index (χ4n) is 7.92. The third kappa shape index (κ3) is 3.85. The molecule has 0 bridgehead atoms. The zero-order valence-electron chi connectivity index (χ0n) is 25.5. The molecule has 8 aromatic rings. The first-order valence-corrected chi connectivity index (χ1v) is 15.9. The highest BCUT2D eigenvalue weighted by atomic mass is 14.4. The van der Waals surface area contributed by atoms with Crippen LogP contribution in [0.5, 0.6) is 0 Å². The van der Waals surface area contributed by atoms with Gasteiger partial charge in [0.15, 0.2) is 0 Å². The van der Waals surface area contributed by atoms with Crippen molar-refractivity contribution < 1.29 is 0 Å². The Morgan fingerprint density at radius 1 is 0.333 bits per heavy atom. The number of fused-ring (bicyclic) bond motifs is 6. The molecule has 0 heterocycles. The van der Waals surface area contributed by atoms with Crippen LogP contribution in [0.4, 0.5) is 0 Å². The monoisotopic (exact) mass is 572 g/mol. The molecule has 0 unspecified atom stereocenters. The first-order valence-electron chi connectivity index (χ1n) is 15.9. The van der Waals surface area contributed by atoms with E-state index in [2.05, 4.69) is 172 Å². The summed E-state index contributed by atoms with van der Waals surface area (Å²) in [6.07, 6.45) is 0. The molecule has 0 radical (unpaired) electrons. The molecule has 0 N–H and O–H groups in total. The maximum absolute atomic E-state index is 2.51. The molecule has 0 nitrogen and oxygen atoms in total. The smallest absolute Gasteiger partial charge is 0.0159 e. The van der Waals surface area contributed by atoms with Crippen molar-refractivity contribution in [1.82, 2.24) is 0 Å². The van der Waals surface area contributed by atoms with Crippen LogP contribution in [0.25, 0.3) is 76.8 Å². The van der Waals surface area contributed by atoms with Gasteiger partial charge in [0.05, 0.1) is 0 Å². The third-order valence-electron chi connectivity index (χ3n) is 10.0. The molecule has 212 valence electrons. The summed E-state index contributed by atoms with van der Waals surface area (Å²) >= 11 is 0. The van der Waals surface area contributed by atoms with Crippen molar-refractivity contribution in [2.75, 3.05) is 0 Å². The average Bonchev–Trinajstić information content (AvgIpc) is 3.32. The van der Waals surface area contributed by atoms with Crippen LogP contribution in [0.1, 0.15) is 25.0 Å². The van der Waals surface area contributed by atoms with Crippen molar-refractivity contribution in [2.24, 2.45) is 0 Å². The van der Waals surface area contributed by atoms with Crippen molar-refractivity contribution >= 4 is 32.3 Å². The summed E-state index contributed by atoms with van der Waals surface area (Å²) in [5.41, 5.74) is 13.0. The highest BCUT2D eigenvalue weighted by molar-refractivity contribution is 6.22. The first kappa shape index (κ1) is 26.0. The molecule has 0 heteroatoms. The van der Waals surface area contributed by atoms with Crippen LogP contribution in [0.2, 0.25) is 0 Å². The average molecular weight is 573 g/mol. The number of benzene rings is 8. The SMILES string of the molecule is CC1(C)c2ccccc2-c2cc3c(-c4cccc(-c5cccc6ccccc56)c4)c4ccccc4c(-c4ccccc4)c3cc21. The van der Waals surface area contributed by atoms with Crippen molar-refractivity contribution in [3.05, 3.63) is 169 Å². The van der Waals surface area contributed by atoms with Crippen molar-refractivity contribution in [1.29, 1.82) is 0 Å². The molecule has 0 saturated heterocycles. The highest BCUT2D eigenvalue weighted by Crippen LogP contribution is 2.53. The van der Waals surface area contributed by atoms with Gasteiger partial charge >= 0.3 is 0 Å². The zero-order valence-corrected chi connectivity index (χ0v) is 25.5. The molecule has 0 amide bonds. The molecule has 0 spiro atoms. The van der Waals surface area contributed by atoms with Gasteiger partial charge in [-0.1, -0.05) is 153 Å². The Morgan fingerprint density at radius 3 is 1.71 bits per heavy atom. The van der Waals surface area contributed by atoms with Gasteiger partial charge in [-0.15, -0.1) is 0 Å².